The smallest absolute Gasteiger partial charge is 0.387 e. The van der Waals surface area contributed by atoms with E-state index >= 15 is 0 Å². The van der Waals surface area contributed by atoms with E-state index < -0.39 is 20.0 Å². The Balaban J connectivity index is 4.17. The minimum atomic E-state index is -4.37. The molecule has 0 rings (SSSR count). The van der Waals surface area contributed by atoms with Crippen molar-refractivity contribution in [2.75, 3.05) is 40.9 Å². The van der Waals surface area contributed by atoms with Crippen molar-refractivity contribution < 1.29 is 32.9 Å². The highest BCUT2D eigenvalue weighted by Gasteiger charge is 2.28. The Labute approximate surface area is 545 Å². The molecule has 9 heteroatoms. The van der Waals surface area contributed by atoms with Gasteiger partial charge in [-0.3, -0.25) is 13.8 Å². The maximum atomic E-state index is 13.1. The first kappa shape index (κ1) is 84.6. The number of nitrogens with one attached hydrogen (secondary N) is 1. The molecule has 0 aromatic carbocycles. The van der Waals surface area contributed by atoms with Crippen LogP contribution < -0.4 is 5.32 Å². The van der Waals surface area contributed by atoms with E-state index in [1.54, 1.807) is 6.08 Å². The van der Waals surface area contributed by atoms with Gasteiger partial charge in [0.15, 0.2) is 0 Å². The summed E-state index contributed by atoms with van der Waals surface area (Å²) in [4.78, 5) is 23.4. The van der Waals surface area contributed by atoms with Crippen molar-refractivity contribution in [3.05, 3.63) is 134 Å². The van der Waals surface area contributed by atoms with Gasteiger partial charge < -0.3 is 19.8 Å². The van der Waals surface area contributed by atoms with Gasteiger partial charge in [0.05, 0.1) is 39.9 Å². The number of nitrogens with zero attached hydrogens (tertiary/aromatic N) is 1. The normalized spacial score (nSPS) is 14.4. The van der Waals surface area contributed by atoms with Gasteiger partial charge in [-0.25, -0.2) is 4.57 Å². The van der Waals surface area contributed by atoms with Gasteiger partial charge in [-0.2, -0.15) is 0 Å². The lowest BCUT2D eigenvalue weighted by Crippen LogP contribution is -2.45. The number of allylic oxidation sites excluding steroid dienone is 21. The van der Waals surface area contributed by atoms with Crippen molar-refractivity contribution >= 4 is 13.7 Å². The van der Waals surface area contributed by atoms with Gasteiger partial charge in [0.1, 0.15) is 13.2 Å². The molecule has 0 radical (unpaired) electrons. The summed E-state index contributed by atoms with van der Waals surface area (Å²) in [5, 5.41) is 14.0. The lowest BCUT2D eigenvalue weighted by molar-refractivity contribution is -0.870. The van der Waals surface area contributed by atoms with Crippen LogP contribution in [0.2, 0.25) is 0 Å². The van der Waals surface area contributed by atoms with Gasteiger partial charge in [-0.05, 0) is 96.3 Å². The molecule has 0 saturated heterocycles. The topological polar surface area (TPSA) is 105 Å². The van der Waals surface area contributed by atoms with E-state index in [1.807, 2.05) is 27.2 Å². The van der Waals surface area contributed by atoms with Gasteiger partial charge >= 0.3 is 7.82 Å². The Morgan fingerprint density at radius 1 is 0.398 bits per heavy atom. The van der Waals surface area contributed by atoms with E-state index in [9.17, 15) is 19.4 Å². The average Bonchev–Trinajstić information content (AvgIpc) is 3.64. The SMILES string of the molecule is CC/C=C\C/C=C\C/C=C\C/C=C\C/C=C\C/C=C\C/C=C\C/C=C\C/C=C\C/C=C\CCCCCCC(=O)NC(COP(=O)(O)OCC[N+](C)(C)C)C(O)/C=C/CCCCCCCCCCCCCCCCCCCCCCCCCCCCCCC. The second kappa shape index (κ2) is 68.0. The number of carbonyl (C=O) groups is 1. The molecule has 3 atom stereocenters. The van der Waals surface area contributed by atoms with Crippen molar-refractivity contribution in [3.8, 4) is 0 Å². The highest BCUT2D eigenvalue weighted by molar-refractivity contribution is 7.47. The third-order valence-electron chi connectivity index (χ3n) is 15.9. The summed E-state index contributed by atoms with van der Waals surface area (Å²) in [7, 11) is 1.54. The fraction of sp³-hybridized carbons (Fsp3) is 0.709. The van der Waals surface area contributed by atoms with Crippen LogP contribution in [0.15, 0.2) is 134 Å². The minimum Gasteiger partial charge on any atom is -0.387 e. The van der Waals surface area contributed by atoms with E-state index in [0.29, 0.717) is 17.4 Å². The largest absolute Gasteiger partial charge is 0.472 e. The van der Waals surface area contributed by atoms with E-state index in [1.165, 1.54) is 173 Å². The number of hydrogen-bond acceptors (Lipinski definition) is 5. The highest BCUT2D eigenvalue weighted by atomic mass is 31.2. The van der Waals surface area contributed by atoms with Crippen molar-refractivity contribution in [3.63, 3.8) is 0 Å². The van der Waals surface area contributed by atoms with Crippen LogP contribution in [0.1, 0.15) is 309 Å². The summed E-state index contributed by atoms with van der Waals surface area (Å²) >= 11 is 0. The molecule has 0 aliphatic heterocycles. The fourth-order valence-electron chi connectivity index (χ4n) is 10.2. The zero-order chi connectivity index (χ0) is 64.1. The van der Waals surface area contributed by atoms with Crippen LogP contribution in [0, 0.1) is 0 Å². The van der Waals surface area contributed by atoms with Crippen LogP contribution in [0.5, 0.6) is 0 Å². The lowest BCUT2D eigenvalue weighted by Gasteiger charge is -2.25. The second-order valence-corrected chi connectivity index (χ2v) is 27.0. The van der Waals surface area contributed by atoms with Crippen LogP contribution in [-0.2, 0) is 18.4 Å². The third-order valence-corrected chi connectivity index (χ3v) is 16.9. The molecule has 0 fully saturated rings. The lowest BCUT2D eigenvalue weighted by atomic mass is 10.0. The number of hydrogen-bond donors (Lipinski definition) is 3. The maximum absolute atomic E-state index is 13.1. The molecular formula is C79H140N2O6P+. The van der Waals surface area contributed by atoms with Crippen molar-refractivity contribution in [1.82, 2.24) is 5.32 Å². The van der Waals surface area contributed by atoms with Crippen molar-refractivity contribution in [2.45, 2.75) is 321 Å². The molecule has 3 N–H and O–H groups in total. The van der Waals surface area contributed by atoms with Crippen LogP contribution in [0.3, 0.4) is 0 Å². The molecule has 0 spiro atoms. The molecule has 0 aliphatic rings. The van der Waals surface area contributed by atoms with Crippen LogP contribution in [-0.4, -0.2) is 73.4 Å². The second-order valence-electron chi connectivity index (χ2n) is 25.6. The molecule has 0 heterocycles. The predicted molar refractivity (Wildman–Crippen MR) is 387 cm³/mol. The summed E-state index contributed by atoms with van der Waals surface area (Å²) in [6.45, 7) is 4.70. The van der Waals surface area contributed by atoms with E-state index in [-0.39, 0.29) is 19.1 Å². The van der Waals surface area contributed by atoms with Gasteiger partial charge in [-0.15, -0.1) is 0 Å². The Morgan fingerprint density at radius 3 is 1.00 bits per heavy atom. The molecule has 0 bridgehead atoms. The standard InChI is InChI=1S/C79H139N2O6P/c1-6-8-10-12-14-16-18-20-22-24-26-28-30-32-34-36-38-39-40-41-43-45-47-49-51-53-55-57-59-61-63-65-67-69-71-73-79(83)80-77(76-87-88(84,85)86-75-74-81(3,4)5)78(82)72-70-68-66-64-62-60-58-56-54-52-50-48-46-44-42-37-35-33-31-29-27-25-23-21-19-17-15-13-11-9-7-2/h8,10,14,16,20,22,26,28,32,34,38-39,41,43,47,49,53,55,59,61,70,72,77-78,82H,6-7,9,11-13,15,17-19,21,23-25,27,29-31,33,35-37,40,42,44-46,48,50-52,54,56-58,60,62-69,71,73-76H2,1-5H3,(H-,80,83,84,85)/p+1/b10-8-,16-14-,22-20-,28-26-,34-32-,39-38-,43-41-,49-47-,55-53-,61-59-,72-70+. The summed E-state index contributed by atoms with van der Waals surface area (Å²) in [6, 6.07) is -0.873. The monoisotopic (exact) mass is 1240 g/mol. The molecule has 88 heavy (non-hydrogen) atoms. The van der Waals surface area contributed by atoms with Gasteiger partial charge in [0.2, 0.25) is 5.91 Å². The molecule has 8 nitrogen and oxygen atoms in total. The average molecular weight is 1240 g/mol. The summed E-state index contributed by atoms with van der Waals surface area (Å²) in [6.07, 6.45) is 103. The number of amides is 1. The third kappa shape index (κ3) is 70.1. The number of aliphatic hydroxyl groups excluding tert-OH is 1. The van der Waals surface area contributed by atoms with Crippen LogP contribution in [0.25, 0.3) is 0 Å². The van der Waals surface area contributed by atoms with E-state index in [0.717, 1.165) is 116 Å². The zero-order valence-corrected chi connectivity index (χ0v) is 58.8. The molecule has 1 amide bonds. The zero-order valence-electron chi connectivity index (χ0n) is 57.9. The van der Waals surface area contributed by atoms with Gasteiger partial charge in [-0.1, -0.05) is 340 Å². The maximum Gasteiger partial charge on any atom is 0.472 e. The molecule has 3 unspecified atom stereocenters. The Morgan fingerprint density at radius 2 is 0.682 bits per heavy atom. The van der Waals surface area contributed by atoms with E-state index in [4.69, 9.17) is 9.05 Å². The first-order valence-corrected chi connectivity index (χ1v) is 38.1. The molecule has 0 aromatic heterocycles. The quantitative estimate of drug-likeness (QED) is 0.0243. The molecule has 0 aromatic rings. The molecule has 506 valence electrons. The predicted octanol–water partition coefficient (Wildman–Crippen LogP) is 23.8. The van der Waals surface area contributed by atoms with Crippen LogP contribution >= 0.6 is 7.82 Å². The van der Waals surface area contributed by atoms with Crippen LogP contribution in [0.4, 0.5) is 0 Å². The number of unbranched alkanes of at least 4 members (excludes halogenated alkanes) is 33. The van der Waals surface area contributed by atoms with Gasteiger partial charge in [0.25, 0.3) is 0 Å². The fourth-order valence-corrected chi connectivity index (χ4v) is 11.0. The summed E-state index contributed by atoms with van der Waals surface area (Å²) in [5.74, 6) is -0.203. The Kier molecular flexibility index (Phi) is 65.4. The summed E-state index contributed by atoms with van der Waals surface area (Å²) < 4.78 is 23.8. The Hall–Kier alpha value is -3.36. The minimum absolute atomic E-state index is 0.0495. The first-order chi connectivity index (χ1) is 43.0. The summed E-state index contributed by atoms with van der Waals surface area (Å²) in [5.41, 5.74) is 0. The molecule has 0 saturated carbocycles. The molecular weight excluding hydrogens is 1100 g/mol. The van der Waals surface area contributed by atoms with Crippen molar-refractivity contribution in [2.24, 2.45) is 0 Å². The number of phosphoric acid groups is 1. The first-order valence-electron chi connectivity index (χ1n) is 36.6. The number of carbonyl (C=O) groups excluding carboxylic acids is 1. The highest BCUT2D eigenvalue weighted by Crippen LogP contribution is 2.43. The molecule has 0 aliphatic carbocycles. The number of aliphatic hydroxyl groups is 1. The number of rotatable bonds is 66. The number of likely N-dealkylation sites (N-methyl/N-ethyl adjacent to an activating group) is 1. The van der Waals surface area contributed by atoms with Crippen molar-refractivity contribution in [1.29, 1.82) is 0 Å². The number of quaternary nitrogens is 1. The van der Waals surface area contributed by atoms with Gasteiger partial charge in [0, 0.05) is 6.42 Å². The Bertz CT molecular complexity index is 1900. The van der Waals surface area contributed by atoms with E-state index in [2.05, 4.69) is 141 Å². The number of phosphoric ester groups is 1.